The highest BCUT2D eigenvalue weighted by Gasteiger charge is 2.21. The Morgan fingerprint density at radius 3 is 2.29 bits per heavy atom. The van der Waals surface area contributed by atoms with E-state index in [1.54, 1.807) is 24.3 Å². The lowest BCUT2D eigenvalue weighted by Crippen LogP contribution is -2.30. The number of sulfonamides is 1. The number of hydrogen-bond donors (Lipinski definition) is 1. The Balaban J connectivity index is 1.71. The van der Waals surface area contributed by atoms with Gasteiger partial charge in [-0.1, -0.05) is 44.2 Å². The van der Waals surface area contributed by atoms with Crippen molar-refractivity contribution in [2.45, 2.75) is 32.2 Å². The lowest BCUT2D eigenvalue weighted by Gasteiger charge is -2.18. The highest BCUT2D eigenvalue weighted by molar-refractivity contribution is 7.89. The second-order valence-corrected chi connectivity index (χ2v) is 8.41. The zero-order valence-electron chi connectivity index (χ0n) is 16.2. The Morgan fingerprint density at radius 2 is 1.68 bits per heavy atom. The Morgan fingerprint density at radius 1 is 1.04 bits per heavy atom. The molecule has 7 heteroatoms. The van der Waals surface area contributed by atoms with E-state index in [-0.39, 0.29) is 17.3 Å². The largest absolute Gasteiger partial charge is 0.451 e. The number of nitrogens with one attached hydrogen (secondary N) is 1. The number of rotatable bonds is 7. The molecule has 0 saturated heterocycles. The van der Waals surface area contributed by atoms with Crippen LogP contribution in [0.15, 0.2) is 57.8 Å². The van der Waals surface area contributed by atoms with Gasteiger partial charge in [-0.25, -0.2) is 8.42 Å². The van der Waals surface area contributed by atoms with Crippen molar-refractivity contribution < 1.29 is 17.6 Å². The lowest BCUT2D eigenvalue weighted by atomic mass is 10.1. The molecule has 2 aromatic carbocycles. The number of benzene rings is 2. The summed E-state index contributed by atoms with van der Waals surface area (Å²) in [4.78, 5) is 12.7. The molecule has 0 fully saturated rings. The van der Waals surface area contributed by atoms with Gasteiger partial charge >= 0.3 is 0 Å². The van der Waals surface area contributed by atoms with Crippen LogP contribution < -0.4 is 5.32 Å². The quantitative estimate of drug-likeness (QED) is 0.656. The number of furan rings is 1. The first-order valence-electron chi connectivity index (χ1n) is 9.23. The van der Waals surface area contributed by atoms with Crippen LogP contribution in [0, 0.1) is 6.92 Å². The molecule has 3 rings (SSSR count). The number of fused-ring (bicyclic) bond motifs is 1. The average molecular weight is 401 g/mol. The molecule has 3 aromatic rings. The Bertz CT molecular complexity index is 1080. The van der Waals surface area contributed by atoms with E-state index in [4.69, 9.17) is 4.42 Å². The first-order valence-corrected chi connectivity index (χ1v) is 10.7. The van der Waals surface area contributed by atoms with Gasteiger partial charge in [0.25, 0.3) is 5.91 Å². The maximum atomic E-state index is 12.5. The van der Waals surface area contributed by atoms with Crippen molar-refractivity contribution in [3.63, 3.8) is 0 Å². The van der Waals surface area contributed by atoms with Gasteiger partial charge in [0.05, 0.1) is 4.90 Å². The van der Waals surface area contributed by atoms with E-state index >= 15 is 0 Å². The normalized spacial score (nSPS) is 11.9. The van der Waals surface area contributed by atoms with Crippen LogP contribution in [0.25, 0.3) is 11.0 Å². The minimum absolute atomic E-state index is 0.249. The summed E-state index contributed by atoms with van der Waals surface area (Å²) >= 11 is 0. The monoisotopic (exact) mass is 400 g/mol. The van der Waals surface area contributed by atoms with Gasteiger partial charge in [0, 0.05) is 30.6 Å². The van der Waals surface area contributed by atoms with Crippen molar-refractivity contribution >= 4 is 26.9 Å². The molecule has 0 bridgehead atoms. The van der Waals surface area contributed by atoms with Crippen molar-refractivity contribution in [3.8, 4) is 0 Å². The Kier molecular flexibility index (Phi) is 5.86. The maximum absolute atomic E-state index is 12.5. The number of carbonyl (C=O) groups is 1. The summed E-state index contributed by atoms with van der Waals surface area (Å²) < 4.78 is 32.1. The summed E-state index contributed by atoms with van der Waals surface area (Å²) in [7, 11) is -3.48. The molecule has 1 amide bonds. The van der Waals surface area contributed by atoms with Crippen molar-refractivity contribution in [1.82, 2.24) is 9.62 Å². The molecule has 148 valence electrons. The van der Waals surface area contributed by atoms with Crippen molar-refractivity contribution in [2.24, 2.45) is 0 Å². The van der Waals surface area contributed by atoms with Gasteiger partial charge in [-0.3, -0.25) is 4.79 Å². The van der Waals surface area contributed by atoms with Gasteiger partial charge < -0.3 is 9.73 Å². The van der Waals surface area contributed by atoms with Crippen LogP contribution in [0.1, 0.15) is 35.5 Å². The van der Waals surface area contributed by atoms with Gasteiger partial charge in [0.2, 0.25) is 10.0 Å². The zero-order chi connectivity index (χ0) is 20.3. The molecule has 0 radical (unpaired) electrons. The third-order valence-corrected chi connectivity index (χ3v) is 6.83. The maximum Gasteiger partial charge on any atom is 0.287 e. The fourth-order valence-corrected chi connectivity index (χ4v) is 4.60. The molecule has 0 aliphatic rings. The number of nitrogens with zero attached hydrogens (tertiary/aromatic N) is 1. The van der Waals surface area contributed by atoms with Crippen molar-refractivity contribution in [3.05, 3.63) is 65.4 Å². The van der Waals surface area contributed by atoms with E-state index < -0.39 is 10.0 Å². The molecule has 0 aliphatic carbocycles. The third kappa shape index (κ3) is 3.81. The first kappa shape index (κ1) is 20.1. The van der Waals surface area contributed by atoms with Crippen LogP contribution in [0.5, 0.6) is 0 Å². The lowest BCUT2D eigenvalue weighted by molar-refractivity contribution is 0.0924. The highest BCUT2D eigenvalue weighted by Crippen LogP contribution is 2.25. The van der Waals surface area contributed by atoms with Crippen LogP contribution >= 0.6 is 0 Å². The summed E-state index contributed by atoms with van der Waals surface area (Å²) in [5, 5.41) is 3.74. The molecular formula is C21H24N2O4S. The van der Waals surface area contributed by atoms with Crippen LogP contribution in [-0.4, -0.2) is 31.7 Å². The number of amides is 1. The van der Waals surface area contributed by atoms with E-state index in [9.17, 15) is 13.2 Å². The topological polar surface area (TPSA) is 79.6 Å². The molecule has 0 atom stereocenters. The highest BCUT2D eigenvalue weighted by atomic mass is 32.2. The molecule has 1 N–H and O–H groups in total. The first-order chi connectivity index (χ1) is 13.4. The number of para-hydroxylation sites is 1. The smallest absolute Gasteiger partial charge is 0.287 e. The third-order valence-electron chi connectivity index (χ3n) is 4.77. The SMILES string of the molecule is CCN(CC)S(=O)(=O)c1ccc(CNC(=O)c2oc3ccccc3c2C)cc1. The van der Waals surface area contributed by atoms with E-state index in [0.29, 0.717) is 24.4 Å². The minimum atomic E-state index is -3.48. The molecule has 1 heterocycles. The van der Waals surface area contributed by atoms with E-state index in [2.05, 4.69) is 5.32 Å². The number of aryl methyl sites for hydroxylation is 1. The summed E-state index contributed by atoms with van der Waals surface area (Å²) in [6, 6.07) is 14.1. The van der Waals surface area contributed by atoms with Gasteiger partial charge in [-0.2, -0.15) is 4.31 Å². The molecule has 0 spiro atoms. The summed E-state index contributed by atoms with van der Waals surface area (Å²) in [5.74, 6) is -0.00419. The van der Waals surface area contributed by atoms with E-state index in [0.717, 1.165) is 16.5 Å². The molecule has 6 nitrogen and oxygen atoms in total. The fraction of sp³-hybridized carbons (Fsp3) is 0.286. The van der Waals surface area contributed by atoms with Crippen molar-refractivity contribution in [2.75, 3.05) is 13.1 Å². The second-order valence-electron chi connectivity index (χ2n) is 6.47. The van der Waals surface area contributed by atoms with E-state index in [1.165, 1.54) is 4.31 Å². The molecule has 28 heavy (non-hydrogen) atoms. The predicted octanol–water partition coefficient (Wildman–Crippen LogP) is 3.70. The van der Waals surface area contributed by atoms with Gasteiger partial charge in [0.1, 0.15) is 5.58 Å². The van der Waals surface area contributed by atoms with Crippen molar-refractivity contribution in [1.29, 1.82) is 0 Å². The average Bonchev–Trinajstić information content (AvgIpc) is 3.04. The van der Waals surface area contributed by atoms with Crippen LogP contribution in [-0.2, 0) is 16.6 Å². The molecule has 0 unspecified atom stereocenters. The standard InChI is InChI=1S/C21H24N2O4S/c1-4-23(5-2)28(25,26)17-12-10-16(11-13-17)14-22-21(24)20-15(3)18-8-6-7-9-19(18)27-20/h6-13H,4-5,14H2,1-3H3,(H,22,24). The van der Waals surface area contributed by atoms with Gasteiger partial charge in [-0.15, -0.1) is 0 Å². The van der Waals surface area contributed by atoms with Crippen LogP contribution in [0.2, 0.25) is 0 Å². The van der Waals surface area contributed by atoms with Gasteiger partial charge in [0.15, 0.2) is 5.76 Å². The molecule has 0 saturated carbocycles. The number of carbonyl (C=O) groups excluding carboxylic acids is 1. The second kappa shape index (κ2) is 8.16. The van der Waals surface area contributed by atoms with Crippen LogP contribution in [0.4, 0.5) is 0 Å². The van der Waals surface area contributed by atoms with E-state index in [1.807, 2.05) is 45.0 Å². The molecule has 0 aliphatic heterocycles. The molecular weight excluding hydrogens is 376 g/mol. The summed E-state index contributed by atoms with van der Waals surface area (Å²) in [5.41, 5.74) is 2.28. The summed E-state index contributed by atoms with van der Waals surface area (Å²) in [6.45, 7) is 6.60. The molecule has 1 aromatic heterocycles. The zero-order valence-corrected chi connectivity index (χ0v) is 17.0. The summed E-state index contributed by atoms with van der Waals surface area (Å²) in [6.07, 6.45) is 0. The Labute approximate surface area is 165 Å². The fourth-order valence-electron chi connectivity index (χ4n) is 3.15. The minimum Gasteiger partial charge on any atom is -0.451 e. The van der Waals surface area contributed by atoms with Crippen LogP contribution in [0.3, 0.4) is 0 Å². The van der Waals surface area contributed by atoms with Gasteiger partial charge in [-0.05, 0) is 30.7 Å². The Hall–Kier alpha value is -2.64. The predicted molar refractivity (Wildman–Crippen MR) is 109 cm³/mol. The number of hydrogen-bond acceptors (Lipinski definition) is 4.